The molecule has 1 aromatic carbocycles. The largest absolute Gasteiger partial charge is 0.503 e. The SMILES string of the molecule is CO/C=C(/C(=O)O)c1ccccc1COc1cc(C(C)(C)C)ccn1. The summed E-state index contributed by atoms with van der Waals surface area (Å²) in [7, 11) is 1.42. The van der Waals surface area contributed by atoms with Gasteiger partial charge in [0.15, 0.2) is 0 Å². The van der Waals surface area contributed by atoms with Gasteiger partial charge in [0.2, 0.25) is 5.88 Å². The molecule has 1 N–H and O–H groups in total. The van der Waals surface area contributed by atoms with E-state index >= 15 is 0 Å². The van der Waals surface area contributed by atoms with E-state index in [4.69, 9.17) is 9.47 Å². The third-order valence-electron chi connectivity index (χ3n) is 3.75. The van der Waals surface area contributed by atoms with Crippen molar-refractivity contribution in [3.05, 3.63) is 65.5 Å². The molecule has 0 bridgehead atoms. The highest BCUT2D eigenvalue weighted by molar-refractivity contribution is 6.15. The van der Waals surface area contributed by atoms with E-state index < -0.39 is 5.97 Å². The van der Waals surface area contributed by atoms with Crippen LogP contribution in [0, 0.1) is 0 Å². The van der Waals surface area contributed by atoms with Gasteiger partial charge in [0, 0.05) is 12.3 Å². The Morgan fingerprint density at radius 2 is 1.96 bits per heavy atom. The first kappa shape index (κ1) is 18.5. The highest BCUT2D eigenvalue weighted by atomic mass is 16.5. The molecule has 2 rings (SSSR count). The fourth-order valence-corrected chi connectivity index (χ4v) is 2.36. The van der Waals surface area contributed by atoms with Crippen molar-refractivity contribution < 1.29 is 19.4 Å². The Morgan fingerprint density at radius 3 is 2.60 bits per heavy atom. The zero-order valence-electron chi connectivity index (χ0n) is 14.9. The van der Waals surface area contributed by atoms with E-state index in [9.17, 15) is 9.90 Å². The molecule has 0 amide bonds. The number of pyridine rings is 1. The van der Waals surface area contributed by atoms with Crippen LogP contribution in [0.25, 0.3) is 5.57 Å². The molecular formula is C20H23NO4. The summed E-state index contributed by atoms with van der Waals surface area (Å²) in [5.41, 5.74) is 2.51. The molecule has 1 aromatic heterocycles. The summed E-state index contributed by atoms with van der Waals surface area (Å²) < 4.78 is 10.7. The second-order valence-corrected chi connectivity index (χ2v) is 6.65. The maximum Gasteiger partial charge on any atom is 0.339 e. The van der Waals surface area contributed by atoms with Crippen molar-refractivity contribution >= 4 is 11.5 Å². The van der Waals surface area contributed by atoms with Gasteiger partial charge in [0.05, 0.1) is 13.4 Å². The van der Waals surface area contributed by atoms with Gasteiger partial charge in [-0.15, -0.1) is 0 Å². The molecular weight excluding hydrogens is 318 g/mol. The minimum atomic E-state index is -1.05. The van der Waals surface area contributed by atoms with E-state index in [0.717, 1.165) is 11.1 Å². The molecule has 25 heavy (non-hydrogen) atoms. The summed E-state index contributed by atoms with van der Waals surface area (Å²) in [6, 6.07) is 11.1. The Balaban J connectivity index is 2.25. The van der Waals surface area contributed by atoms with Crippen LogP contribution in [-0.4, -0.2) is 23.2 Å². The number of methoxy groups -OCH3 is 1. The number of aromatic nitrogens is 1. The molecule has 2 aromatic rings. The van der Waals surface area contributed by atoms with Crippen LogP contribution >= 0.6 is 0 Å². The number of carbonyl (C=O) groups is 1. The third kappa shape index (κ3) is 4.83. The molecule has 0 radical (unpaired) electrons. The second kappa shape index (κ2) is 7.83. The summed E-state index contributed by atoms with van der Waals surface area (Å²) in [5, 5.41) is 9.39. The number of hydrogen-bond acceptors (Lipinski definition) is 4. The molecule has 0 saturated carbocycles. The van der Waals surface area contributed by atoms with E-state index in [0.29, 0.717) is 11.4 Å². The molecule has 0 aliphatic carbocycles. The molecule has 0 atom stereocenters. The Kier molecular flexibility index (Phi) is 5.80. The number of aliphatic carboxylic acids is 1. The van der Waals surface area contributed by atoms with E-state index in [1.807, 2.05) is 24.3 Å². The first-order valence-electron chi connectivity index (χ1n) is 7.97. The van der Waals surface area contributed by atoms with E-state index in [1.54, 1.807) is 18.3 Å². The number of ether oxygens (including phenoxy) is 2. The highest BCUT2D eigenvalue weighted by Gasteiger charge is 2.17. The summed E-state index contributed by atoms with van der Waals surface area (Å²) in [6.07, 6.45) is 2.94. The number of nitrogens with zero attached hydrogens (tertiary/aromatic N) is 1. The first-order valence-corrected chi connectivity index (χ1v) is 7.97. The molecule has 5 nitrogen and oxygen atoms in total. The molecule has 0 saturated heterocycles. The zero-order valence-corrected chi connectivity index (χ0v) is 14.9. The Morgan fingerprint density at radius 1 is 1.24 bits per heavy atom. The molecule has 1 heterocycles. The second-order valence-electron chi connectivity index (χ2n) is 6.65. The van der Waals surface area contributed by atoms with Crippen molar-refractivity contribution in [2.75, 3.05) is 7.11 Å². The zero-order chi connectivity index (χ0) is 18.4. The lowest BCUT2D eigenvalue weighted by atomic mass is 9.88. The average Bonchev–Trinajstić information content (AvgIpc) is 2.57. The van der Waals surface area contributed by atoms with Gasteiger partial charge in [-0.05, 0) is 28.2 Å². The van der Waals surface area contributed by atoms with Crippen LogP contribution in [0.1, 0.15) is 37.5 Å². The Labute approximate surface area is 147 Å². The van der Waals surface area contributed by atoms with Crippen molar-refractivity contribution in [1.82, 2.24) is 4.98 Å². The number of rotatable bonds is 6. The van der Waals surface area contributed by atoms with Crippen LogP contribution in [0.3, 0.4) is 0 Å². The summed E-state index contributed by atoms with van der Waals surface area (Å²) in [6.45, 7) is 6.58. The Bertz CT molecular complexity index is 775. The van der Waals surface area contributed by atoms with Crippen LogP contribution < -0.4 is 4.74 Å². The van der Waals surface area contributed by atoms with Gasteiger partial charge in [0.1, 0.15) is 12.2 Å². The van der Waals surface area contributed by atoms with Crippen molar-refractivity contribution in [2.45, 2.75) is 32.8 Å². The van der Waals surface area contributed by atoms with Gasteiger partial charge in [0.25, 0.3) is 0 Å². The van der Waals surface area contributed by atoms with Gasteiger partial charge in [-0.2, -0.15) is 0 Å². The lowest BCUT2D eigenvalue weighted by molar-refractivity contribution is -0.130. The Hall–Kier alpha value is -2.82. The quantitative estimate of drug-likeness (QED) is 0.634. The van der Waals surface area contributed by atoms with Crippen LogP contribution in [0.15, 0.2) is 48.9 Å². The topological polar surface area (TPSA) is 68.7 Å². The third-order valence-corrected chi connectivity index (χ3v) is 3.75. The molecule has 0 spiro atoms. The summed E-state index contributed by atoms with van der Waals surface area (Å²) in [4.78, 5) is 15.7. The van der Waals surface area contributed by atoms with Gasteiger partial charge >= 0.3 is 5.97 Å². The predicted octanol–water partition coefficient (Wildman–Crippen LogP) is 4.03. The number of carboxylic acid groups (broad SMARTS) is 1. The van der Waals surface area contributed by atoms with Crippen LogP contribution in [0.5, 0.6) is 5.88 Å². The number of hydrogen-bond donors (Lipinski definition) is 1. The standard InChI is InChI=1S/C20H23NO4/c1-20(2,3)15-9-10-21-18(11-15)25-12-14-7-5-6-8-16(14)17(13-24-4)19(22)23/h5-11,13H,12H2,1-4H3,(H,22,23)/b17-13+. The van der Waals surface area contributed by atoms with E-state index in [-0.39, 0.29) is 17.6 Å². The predicted molar refractivity (Wildman–Crippen MR) is 96.3 cm³/mol. The molecule has 0 aliphatic rings. The number of carboxylic acids is 1. The molecule has 0 unspecified atom stereocenters. The molecule has 5 heteroatoms. The minimum Gasteiger partial charge on any atom is -0.503 e. The highest BCUT2D eigenvalue weighted by Crippen LogP contribution is 2.25. The van der Waals surface area contributed by atoms with Crippen molar-refractivity contribution in [1.29, 1.82) is 0 Å². The van der Waals surface area contributed by atoms with Gasteiger partial charge in [-0.3, -0.25) is 0 Å². The summed E-state index contributed by atoms with van der Waals surface area (Å²) in [5.74, 6) is -0.544. The fraction of sp³-hybridized carbons (Fsp3) is 0.300. The fourth-order valence-electron chi connectivity index (χ4n) is 2.36. The van der Waals surface area contributed by atoms with Gasteiger partial charge < -0.3 is 14.6 Å². The van der Waals surface area contributed by atoms with Crippen LogP contribution in [0.4, 0.5) is 0 Å². The average molecular weight is 341 g/mol. The van der Waals surface area contributed by atoms with Gasteiger partial charge in [-0.1, -0.05) is 45.0 Å². The van der Waals surface area contributed by atoms with Gasteiger partial charge in [-0.25, -0.2) is 9.78 Å². The van der Waals surface area contributed by atoms with E-state index in [2.05, 4.69) is 25.8 Å². The molecule has 132 valence electrons. The smallest absolute Gasteiger partial charge is 0.339 e. The maximum atomic E-state index is 11.5. The maximum absolute atomic E-state index is 11.5. The lowest BCUT2D eigenvalue weighted by Gasteiger charge is -2.19. The number of benzene rings is 1. The van der Waals surface area contributed by atoms with Crippen LogP contribution in [-0.2, 0) is 21.6 Å². The lowest BCUT2D eigenvalue weighted by Crippen LogP contribution is -2.11. The normalized spacial score (nSPS) is 11.9. The van der Waals surface area contributed by atoms with Crippen molar-refractivity contribution in [3.63, 3.8) is 0 Å². The van der Waals surface area contributed by atoms with Crippen LogP contribution in [0.2, 0.25) is 0 Å². The van der Waals surface area contributed by atoms with Crippen molar-refractivity contribution in [2.24, 2.45) is 0 Å². The van der Waals surface area contributed by atoms with Crippen molar-refractivity contribution in [3.8, 4) is 5.88 Å². The molecule has 0 aliphatic heterocycles. The first-order chi connectivity index (χ1) is 11.8. The minimum absolute atomic E-state index is 0.00334. The monoisotopic (exact) mass is 341 g/mol. The molecule has 0 fully saturated rings. The summed E-state index contributed by atoms with van der Waals surface area (Å²) >= 11 is 0. The van der Waals surface area contributed by atoms with E-state index in [1.165, 1.54) is 13.4 Å².